The molecule has 4 rings (SSSR count). The molecule has 0 atom stereocenters. The van der Waals surface area contributed by atoms with Gasteiger partial charge in [-0.25, -0.2) is 4.98 Å². The standard InChI is InChI=1S/C20H19N3O3/c21-18(24)13-5-7-15(8-6-13)20(25)23-11-9-14(10-12-23)19-22-16-3-1-2-4-17(16)26-19/h1-8,14H,9-12H2,(H2,21,24). The number of piperidine rings is 1. The average molecular weight is 349 g/mol. The van der Waals surface area contributed by atoms with Gasteiger partial charge >= 0.3 is 0 Å². The molecule has 1 fully saturated rings. The molecule has 6 heteroatoms. The lowest BCUT2D eigenvalue weighted by Gasteiger charge is -2.30. The van der Waals surface area contributed by atoms with Crippen molar-refractivity contribution in [3.8, 4) is 0 Å². The van der Waals surface area contributed by atoms with Crippen molar-refractivity contribution in [3.05, 3.63) is 65.5 Å². The Bertz CT molecular complexity index is 921. The number of rotatable bonds is 3. The molecule has 0 saturated carbocycles. The number of carbonyl (C=O) groups excluding carboxylic acids is 2. The minimum absolute atomic E-state index is 0.0305. The zero-order valence-corrected chi connectivity index (χ0v) is 14.2. The summed E-state index contributed by atoms with van der Waals surface area (Å²) in [7, 11) is 0. The van der Waals surface area contributed by atoms with Crippen LogP contribution in [-0.4, -0.2) is 34.8 Å². The molecular weight excluding hydrogens is 330 g/mol. The number of amides is 2. The van der Waals surface area contributed by atoms with Gasteiger partial charge in [0.25, 0.3) is 5.91 Å². The van der Waals surface area contributed by atoms with Gasteiger partial charge in [0, 0.05) is 30.1 Å². The van der Waals surface area contributed by atoms with Crippen molar-refractivity contribution in [3.63, 3.8) is 0 Å². The molecule has 3 aromatic rings. The van der Waals surface area contributed by atoms with Crippen molar-refractivity contribution >= 4 is 22.9 Å². The van der Waals surface area contributed by atoms with Gasteiger partial charge in [-0.05, 0) is 49.2 Å². The Hall–Kier alpha value is -3.15. The fourth-order valence-corrected chi connectivity index (χ4v) is 3.35. The Morgan fingerprint density at radius 2 is 1.65 bits per heavy atom. The molecule has 2 heterocycles. The van der Waals surface area contributed by atoms with Crippen LogP contribution in [0.3, 0.4) is 0 Å². The van der Waals surface area contributed by atoms with Gasteiger partial charge in [0.05, 0.1) is 0 Å². The zero-order chi connectivity index (χ0) is 18.1. The third-order valence-corrected chi connectivity index (χ3v) is 4.86. The van der Waals surface area contributed by atoms with E-state index in [1.165, 1.54) is 0 Å². The summed E-state index contributed by atoms with van der Waals surface area (Å²) in [5.74, 6) is 0.452. The van der Waals surface area contributed by atoms with Crippen LogP contribution in [0.2, 0.25) is 0 Å². The summed E-state index contributed by atoms with van der Waals surface area (Å²) in [6.07, 6.45) is 1.63. The number of aromatic nitrogens is 1. The molecule has 6 nitrogen and oxygen atoms in total. The molecule has 1 saturated heterocycles. The molecule has 1 aliphatic rings. The number of benzene rings is 2. The Labute approximate surface area is 150 Å². The van der Waals surface area contributed by atoms with Crippen molar-refractivity contribution < 1.29 is 14.0 Å². The van der Waals surface area contributed by atoms with Crippen LogP contribution >= 0.6 is 0 Å². The first-order valence-electron chi connectivity index (χ1n) is 8.66. The topological polar surface area (TPSA) is 89.4 Å². The lowest BCUT2D eigenvalue weighted by molar-refractivity contribution is 0.0706. The van der Waals surface area contributed by atoms with E-state index in [1.54, 1.807) is 24.3 Å². The van der Waals surface area contributed by atoms with E-state index in [-0.39, 0.29) is 11.8 Å². The molecule has 0 spiro atoms. The number of carbonyl (C=O) groups is 2. The molecule has 0 radical (unpaired) electrons. The van der Waals surface area contributed by atoms with Gasteiger partial charge in [-0.2, -0.15) is 0 Å². The smallest absolute Gasteiger partial charge is 0.253 e. The zero-order valence-electron chi connectivity index (χ0n) is 14.2. The summed E-state index contributed by atoms with van der Waals surface area (Å²) in [5.41, 5.74) is 7.87. The predicted octanol–water partition coefficient (Wildman–Crippen LogP) is 2.95. The molecule has 0 bridgehead atoms. The average Bonchev–Trinajstić information content (AvgIpc) is 3.12. The van der Waals surface area contributed by atoms with Crippen molar-refractivity contribution in [2.45, 2.75) is 18.8 Å². The minimum Gasteiger partial charge on any atom is -0.440 e. The summed E-state index contributed by atoms with van der Waals surface area (Å²) in [6, 6.07) is 14.2. The van der Waals surface area contributed by atoms with Crippen molar-refractivity contribution in [2.75, 3.05) is 13.1 Å². The van der Waals surface area contributed by atoms with Crippen LogP contribution in [0, 0.1) is 0 Å². The monoisotopic (exact) mass is 349 g/mol. The fourth-order valence-electron chi connectivity index (χ4n) is 3.35. The number of para-hydroxylation sites is 2. The Balaban J connectivity index is 1.42. The number of nitrogens with two attached hydrogens (primary N) is 1. The fraction of sp³-hybridized carbons (Fsp3) is 0.250. The first-order valence-corrected chi connectivity index (χ1v) is 8.66. The lowest BCUT2D eigenvalue weighted by atomic mass is 9.96. The lowest BCUT2D eigenvalue weighted by Crippen LogP contribution is -2.38. The Morgan fingerprint density at radius 3 is 2.31 bits per heavy atom. The SMILES string of the molecule is NC(=O)c1ccc(C(=O)N2CCC(c3nc4ccccc4o3)CC2)cc1. The minimum atomic E-state index is -0.497. The third-order valence-electron chi connectivity index (χ3n) is 4.86. The van der Waals surface area contributed by atoms with Crippen molar-refractivity contribution in [2.24, 2.45) is 5.73 Å². The first kappa shape index (κ1) is 16.3. The maximum atomic E-state index is 12.6. The highest BCUT2D eigenvalue weighted by atomic mass is 16.3. The van der Waals surface area contributed by atoms with Crippen molar-refractivity contribution in [1.29, 1.82) is 0 Å². The van der Waals surface area contributed by atoms with Gasteiger partial charge in [0.1, 0.15) is 5.52 Å². The van der Waals surface area contributed by atoms with E-state index in [4.69, 9.17) is 10.2 Å². The molecule has 0 aliphatic carbocycles. The van der Waals surface area contributed by atoms with Crippen LogP contribution in [-0.2, 0) is 0 Å². The number of nitrogens with zero attached hydrogens (tertiary/aromatic N) is 2. The van der Waals surface area contributed by atoms with E-state index >= 15 is 0 Å². The molecule has 2 amide bonds. The second-order valence-corrected chi connectivity index (χ2v) is 6.53. The molecule has 26 heavy (non-hydrogen) atoms. The summed E-state index contributed by atoms with van der Waals surface area (Å²) >= 11 is 0. The highest BCUT2D eigenvalue weighted by Gasteiger charge is 2.27. The quantitative estimate of drug-likeness (QED) is 0.787. The Kier molecular flexibility index (Phi) is 4.16. The van der Waals surface area contributed by atoms with Gasteiger partial charge in [0.15, 0.2) is 11.5 Å². The van der Waals surface area contributed by atoms with E-state index in [9.17, 15) is 9.59 Å². The molecule has 1 aliphatic heterocycles. The molecule has 0 unspecified atom stereocenters. The molecule has 1 aromatic heterocycles. The summed E-state index contributed by atoms with van der Waals surface area (Å²) in [5, 5.41) is 0. The van der Waals surface area contributed by atoms with E-state index in [0.717, 1.165) is 29.8 Å². The predicted molar refractivity (Wildman–Crippen MR) is 96.8 cm³/mol. The van der Waals surface area contributed by atoms with Crippen LogP contribution in [0.15, 0.2) is 52.9 Å². The van der Waals surface area contributed by atoms with Gasteiger partial charge in [-0.3, -0.25) is 9.59 Å². The number of fused-ring (bicyclic) bond motifs is 1. The summed E-state index contributed by atoms with van der Waals surface area (Å²) in [6.45, 7) is 1.31. The van der Waals surface area contributed by atoms with Gasteiger partial charge in [0.2, 0.25) is 5.91 Å². The number of likely N-dealkylation sites (tertiary alicyclic amines) is 1. The highest BCUT2D eigenvalue weighted by molar-refractivity contribution is 5.97. The second-order valence-electron chi connectivity index (χ2n) is 6.53. The molecular formula is C20H19N3O3. The van der Waals surface area contributed by atoms with Gasteiger partial charge < -0.3 is 15.1 Å². The Morgan fingerprint density at radius 1 is 1.00 bits per heavy atom. The van der Waals surface area contributed by atoms with E-state index in [1.807, 2.05) is 29.2 Å². The van der Waals surface area contributed by atoms with E-state index in [0.29, 0.717) is 24.2 Å². The molecule has 132 valence electrons. The maximum Gasteiger partial charge on any atom is 0.253 e. The maximum absolute atomic E-state index is 12.6. The summed E-state index contributed by atoms with van der Waals surface area (Å²) < 4.78 is 5.87. The normalized spacial score (nSPS) is 15.3. The van der Waals surface area contributed by atoms with Crippen LogP contribution in [0.4, 0.5) is 0 Å². The third kappa shape index (κ3) is 3.06. The second kappa shape index (κ2) is 6.63. The van der Waals surface area contributed by atoms with Gasteiger partial charge in [-0.15, -0.1) is 0 Å². The van der Waals surface area contributed by atoms with Crippen LogP contribution in [0.5, 0.6) is 0 Å². The van der Waals surface area contributed by atoms with E-state index < -0.39 is 5.91 Å². The van der Waals surface area contributed by atoms with Crippen LogP contribution < -0.4 is 5.73 Å². The van der Waals surface area contributed by atoms with Crippen LogP contribution in [0.25, 0.3) is 11.1 Å². The van der Waals surface area contributed by atoms with Crippen molar-refractivity contribution in [1.82, 2.24) is 9.88 Å². The number of hydrogen-bond acceptors (Lipinski definition) is 4. The molecule has 2 N–H and O–H groups in total. The molecule has 2 aromatic carbocycles. The van der Waals surface area contributed by atoms with Crippen LogP contribution in [0.1, 0.15) is 45.4 Å². The highest BCUT2D eigenvalue weighted by Crippen LogP contribution is 2.30. The first-order chi connectivity index (χ1) is 12.6. The van der Waals surface area contributed by atoms with E-state index in [2.05, 4.69) is 4.98 Å². The van der Waals surface area contributed by atoms with Gasteiger partial charge in [-0.1, -0.05) is 12.1 Å². The number of hydrogen-bond donors (Lipinski definition) is 1. The summed E-state index contributed by atoms with van der Waals surface area (Å²) in [4.78, 5) is 30.2. The number of oxazole rings is 1. The number of primary amides is 1. The largest absolute Gasteiger partial charge is 0.440 e.